The topological polar surface area (TPSA) is 91.5 Å². The lowest BCUT2D eigenvalue weighted by molar-refractivity contribution is 0.211. The quantitative estimate of drug-likeness (QED) is 0.305. The first-order chi connectivity index (χ1) is 2.89. The first kappa shape index (κ1) is 3.01. The molecule has 36 valence electrons. The van der Waals surface area contributed by atoms with Crippen LogP contribution in [0.4, 0.5) is 0 Å². The van der Waals surface area contributed by atoms with Gasteiger partial charge in [-0.15, -0.1) is 5.27 Å². The highest BCUT2D eigenvalue weighted by Crippen LogP contribution is 1.52. The molecule has 5 N–H and O–H groups in total. The van der Waals surface area contributed by atoms with Crippen LogP contribution in [0.3, 0.4) is 0 Å². The first-order valence-electron chi connectivity index (χ1n) is 1.37. The molecule has 6 heteroatoms. The van der Waals surface area contributed by atoms with Crippen LogP contribution in [-0.4, -0.2) is 20.7 Å². The van der Waals surface area contributed by atoms with E-state index in [0.717, 1.165) is 4.96 Å². The normalized spacial score (nSPS) is 8.67. The van der Waals surface area contributed by atoms with Crippen molar-refractivity contribution in [1.29, 1.82) is 0 Å². The van der Waals surface area contributed by atoms with Crippen molar-refractivity contribution in [3.63, 3.8) is 0 Å². The highest BCUT2D eigenvalue weighted by Gasteiger charge is 1.65. The van der Waals surface area contributed by atoms with Crippen molar-refractivity contribution < 1.29 is 4.63 Å². The summed E-state index contributed by atoms with van der Waals surface area (Å²) < 4.78 is 4.29. The molecule has 6 heavy (non-hydrogen) atoms. The summed E-state index contributed by atoms with van der Waals surface area (Å²) in [5, 5.41) is 6.91. The molecule has 0 aliphatic rings. The van der Waals surface area contributed by atoms with Gasteiger partial charge in [-0.1, -0.05) is 0 Å². The summed E-state index contributed by atoms with van der Waals surface area (Å²) in [6, 6.07) is 0. The standard InChI is InChI=1S/H5N5O/c1-5-3-2-4-6-5/h2-4H,1H2. The summed E-state index contributed by atoms with van der Waals surface area (Å²) in [6.45, 7) is 0. The van der Waals surface area contributed by atoms with Crippen molar-refractivity contribution in [2.75, 3.05) is 5.84 Å². The molecule has 0 saturated carbocycles. The van der Waals surface area contributed by atoms with E-state index in [9.17, 15) is 0 Å². The number of rotatable bonds is 0. The molecule has 0 unspecified atom stereocenters. The number of aromatic nitrogens is 4. The van der Waals surface area contributed by atoms with E-state index in [4.69, 9.17) is 5.84 Å². The van der Waals surface area contributed by atoms with Crippen molar-refractivity contribution in [3.05, 3.63) is 0 Å². The summed E-state index contributed by atoms with van der Waals surface area (Å²) in [5.41, 5.74) is 0. The van der Waals surface area contributed by atoms with E-state index in [-0.39, 0.29) is 0 Å². The van der Waals surface area contributed by atoms with Gasteiger partial charge >= 0.3 is 0 Å². The predicted octanol–water partition coefficient (Wildman–Crippen LogP) is -1.10. The second kappa shape index (κ2) is 0.886. The first-order valence-corrected chi connectivity index (χ1v) is 1.37. The van der Waals surface area contributed by atoms with Crippen LogP contribution >= 0.6 is 0 Å². The zero-order valence-electron chi connectivity index (χ0n) is 2.93. The molecule has 0 atom stereocenters. The molecule has 0 bridgehead atoms. The number of hydrogen-bond donors (Lipinski definition) is 4. The largest absolute Gasteiger partial charge is 0.291 e. The molecule has 1 rings (SSSR count). The number of nitrogens with two attached hydrogens (primary N) is 1. The Hall–Kier alpha value is -1.20. The highest BCUT2D eigenvalue weighted by molar-refractivity contribution is 3.98. The summed E-state index contributed by atoms with van der Waals surface area (Å²) in [6.07, 6.45) is 0. The molecule has 0 spiro atoms. The van der Waals surface area contributed by atoms with Gasteiger partial charge in [0.2, 0.25) is 0 Å². The Balaban J connectivity index is 3.05. The van der Waals surface area contributed by atoms with E-state index in [1.54, 1.807) is 0 Å². The Bertz CT molecular complexity index is 107. The SMILES string of the molecule is Nn1[nH][nH][nH]o1. The van der Waals surface area contributed by atoms with Crippen LogP contribution in [0.5, 0.6) is 0 Å². The Labute approximate surface area is 32.4 Å². The van der Waals surface area contributed by atoms with Crippen molar-refractivity contribution in [2.45, 2.75) is 0 Å². The van der Waals surface area contributed by atoms with E-state index >= 15 is 0 Å². The molecule has 0 fully saturated rings. The Morgan fingerprint density at radius 2 is 2.50 bits per heavy atom. The zero-order chi connectivity index (χ0) is 4.41. The van der Waals surface area contributed by atoms with Gasteiger partial charge < -0.3 is 0 Å². The Morgan fingerprint density at radius 3 is 2.67 bits per heavy atom. The van der Waals surface area contributed by atoms with Crippen molar-refractivity contribution in [2.24, 2.45) is 0 Å². The van der Waals surface area contributed by atoms with Gasteiger partial charge in [0.05, 0.1) is 0 Å². The molecule has 0 radical (unpaired) electrons. The van der Waals surface area contributed by atoms with Crippen LogP contribution in [0.15, 0.2) is 4.63 Å². The molecule has 0 aliphatic carbocycles. The third-order valence-electron chi connectivity index (χ3n) is 0.361. The minimum atomic E-state index is 0.889. The van der Waals surface area contributed by atoms with E-state index in [2.05, 4.69) is 20.3 Å². The number of aromatic amines is 3. The molecule has 0 saturated heterocycles. The summed E-state index contributed by atoms with van der Waals surface area (Å²) in [4.78, 5) is 0.889. The van der Waals surface area contributed by atoms with Crippen LogP contribution in [0.1, 0.15) is 0 Å². The van der Waals surface area contributed by atoms with Crippen molar-refractivity contribution in [3.8, 4) is 0 Å². The molecule has 1 heterocycles. The van der Waals surface area contributed by atoms with Gasteiger partial charge in [-0.2, -0.15) is 10.4 Å². The molecule has 1 aromatic rings. The molecule has 6 nitrogen and oxygen atoms in total. The van der Waals surface area contributed by atoms with Gasteiger partial charge in [0.25, 0.3) is 0 Å². The second-order valence-electron chi connectivity index (χ2n) is 0.756. The maximum atomic E-state index is 4.91. The highest BCUT2D eigenvalue weighted by atomic mass is 16.6. The predicted molar refractivity (Wildman–Crippen MR) is 17.5 cm³/mol. The number of hydrogen-bond acceptors (Lipinski definition) is 2. The van der Waals surface area contributed by atoms with Gasteiger partial charge in [-0.3, -0.25) is 5.84 Å². The van der Waals surface area contributed by atoms with Crippen LogP contribution in [0.25, 0.3) is 0 Å². The number of nitrogen functional groups attached to an aromatic ring is 1. The van der Waals surface area contributed by atoms with E-state index < -0.39 is 0 Å². The Kier molecular flexibility index (Phi) is 0.444. The fourth-order valence-electron chi connectivity index (χ4n) is 0.173. The third kappa shape index (κ3) is 0.270. The lowest BCUT2D eigenvalue weighted by Crippen LogP contribution is -2.07. The number of H-pyrrole nitrogens is 3. The average Bonchev–Trinajstić information content (AvgIpc) is 1.86. The number of nitrogens with one attached hydrogen (secondary N) is 3. The minimum Gasteiger partial charge on any atom is -0.291 e. The minimum absolute atomic E-state index is 0.889. The van der Waals surface area contributed by atoms with Gasteiger partial charge in [0.1, 0.15) is 0 Å². The fraction of sp³-hybridized carbons (Fsp3) is 0. The summed E-state index contributed by atoms with van der Waals surface area (Å²) >= 11 is 0. The van der Waals surface area contributed by atoms with Gasteiger partial charge in [-0.05, 0) is 4.96 Å². The molecule has 0 amide bonds. The third-order valence-corrected chi connectivity index (χ3v) is 0.361. The average molecular weight is 91.1 g/mol. The van der Waals surface area contributed by atoms with Crippen LogP contribution in [-0.2, 0) is 0 Å². The van der Waals surface area contributed by atoms with E-state index in [0.29, 0.717) is 0 Å². The van der Waals surface area contributed by atoms with Gasteiger partial charge in [0.15, 0.2) is 0 Å². The van der Waals surface area contributed by atoms with Crippen molar-refractivity contribution >= 4 is 0 Å². The van der Waals surface area contributed by atoms with E-state index in [1.807, 2.05) is 0 Å². The molecule has 0 aromatic carbocycles. The van der Waals surface area contributed by atoms with Crippen LogP contribution < -0.4 is 5.84 Å². The van der Waals surface area contributed by atoms with Crippen LogP contribution in [0.2, 0.25) is 0 Å². The molecular formula is H5N5O. The number of nitrogens with zero attached hydrogens (tertiary/aromatic N) is 1. The maximum absolute atomic E-state index is 4.91. The molecular weight excluding hydrogens is 86.0 g/mol. The zero-order valence-corrected chi connectivity index (χ0v) is 2.93. The van der Waals surface area contributed by atoms with Crippen molar-refractivity contribution in [1.82, 2.24) is 20.7 Å². The Morgan fingerprint density at radius 1 is 1.67 bits per heavy atom. The van der Waals surface area contributed by atoms with Gasteiger partial charge in [-0.25, -0.2) is 4.63 Å². The smallest absolute Gasteiger partial charge is 0.0138 e. The fourth-order valence-corrected chi connectivity index (χ4v) is 0.173. The monoisotopic (exact) mass is 91.0 g/mol. The summed E-state index contributed by atoms with van der Waals surface area (Å²) in [7, 11) is 0. The molecule has 0 aliphatic heterocycles. The summed E-state index contributed by atoms with van der Waals surface area (Å²) in [5.74, 6) is 4.91. The lowest BCUT2D eigenvalue weighted by atomic mass is 12.5. The van der Waals surface area contributed by atoms with Gasteiger partial charge in [0, 0.05) is 0 Å². The van der Waals surface area contributed by atoms with Crippen LogP contribution in [0, 0.1) is 0 Å². The maximum Gasteiger partial charge on any atom is -0.0138 e. The molecule has 1 aromatic heterocycles. The lowest BCUT2D eigenvalue weighted by Gasteiger charge is -1.75. The second-order valence-corrected chi connectivity index (χ2v) is 0.756. The van der Waals surface area contributed by atoms with E-state index in [1.165, 1.54) is 0 Å².